The summed E-state index contributed by atoms with van der Waals surface area (Å²) < 4.78 is 15.8. The summed E-state index contributed by atoms with van der Waals surface area (Å²) in [6.07, 6.45) is 1.52. The maximum absolute atomic E-state index is 11.8. The number of carbonyl (C=O) groups is 1. The van der Waals surface area contributed by atoms with E-state index in [2.05, 4.69) is 10.5 Å². The minimum Gasteiger partial charge on any atom is -0.493 e. The van der Waals surface area contributed by atoms with Crippen molar-refractivity contribution in [1.29, 1.82) is 0 Å². The number of nitrogens with zero attached hydrogens (tertiary/aromatic N) is 1. The van der Waals surface area contributed by atoms with E-state index in [-0.39, 0.29) is 6.61 Å². The maximum Gasteiger partial charge on any atom is 0.277 e. The average molecular weight is 397 g/mol. The maximum atomic E-state index is 11.8. The summed E-state index contributed by atoms with van der Waals surface area (Å²) in [5.41, 5.74) is 4.09. The highest BCUT2D eigenvalue weighted by molar-refractivity contribution is 6.35. The van der Waals surface area contributed by atoms with Crippen LogP contribution in [0.5, 0.6) is 17.2 Å². The summed E-state index contributed by atoms with van der Waals surface area (Å²) in [4.78, 5) is 11.8. The highest BCUT2D eigenvalue weighted by Crippen LogP contribution is 2.29. The monoisotopic (exact) mass is 396 g/mol. The molecule has 26 heavy (non-hydrogen) atoms. The van der Waals surface area contributed by atoms with E-state index in [1.54, 1.807) is 32.4 Å². The molecule has 0 saturated carbocycles. The van der Waals surface area contributed by atoms with Crippen molar-refractivity contribution in [2.75, 3.05) is 20.8 Å². The lowest BCUT2D eigenvalue weighted by Gasteiger charge is -2.10. The first-order chi connectivity index (χ1) is 12.4. The first-order valence-electron chi connectivity index (χ1n) is 7.57. The molecule has 8 heteroatoms. The summed E-state index contributed by atoms with van der Waals surface area (Å²) in [5.74, 6) is 1.14. The largest absolute Gasteiger partial charge is 0.493 e. The smallest absolute Gasteiger partial charge is 0.277 e. The molecule has 0 fully saturated rings. The summed E-state index contributed by atoms with van der Waals surface area (Å²) in [7, 11) is 3.12. The Morgan fingerprint density at radius 2 is 1.81 bits per heavy atom. The van der Waals surface area contributed by atoms with Gasteiger partial charge in [0.1, 0.15) is 5.75 Å². The zero-order valence-corrected chi connectivity index (χ0v) is 16.0. The Bertz CT molecular complexity index is 825. The normalized spacial score (nSPS) is 10.7. The summed E-state index contributed by atoms with van der Waals surface area (Å²) in [6, 6.07) is 8.35. The van der Waals surface area contributed by atoms with E-state index in [1.165, 1.54) is 12.3 Å². The molecule has 138 valence electrons. The summed E-state index contributed by atoms with van der Waals surface area (Å²) in [5, 5.41) is 4.74. The molecule has 0 aliphatic carbocycles. The van der Waals surface area contributed by atoms with E-state index in [0.29, 0.717) is 27.3 Å². The van der Waals surface area contributed by atoms with Crippen LogP contribution < -0.4 is 19.6 Å². The lowest BCUT2D eigenvalue weighted by Crippen LogP contribution is -2.24. The highest BCUT2D eigenvalue weighted by Gasteiger charge is 2.08. The molecular weight excluding hydrogens is 379 g/mol. The van der Waals surface area contributed by atoms with Crippen LogP contribution in [0.1, 0.15) is 11.1 Å². The molecule has 0 saturated heterocycles. The first kappa shape index (κ1) is 19.9. The van der Waals surface area contributed by atoms with E-state index >= 15 is 0 Å². The van der Waals surface area contributed by atoms with Crippen molar-refractivity contribution in [3.63, 3.8) is 0 Å². The van der Waals surface area contributed by atoms with Gasteiger partial charge >= 0.3 is 0 Å². The topological polar surface area (TPSA) is 69.2 Å². The number of hydrazone groups is 1. The standard InChI is InChI=1S/C18H18Cl2N2O4/c1-11-6-16(24-2)17(25-3)7-12(11)9-21-22-18(23)10-26-15-5-4-13(19)8-14(15)20/h4-9H,10H2,1-3H3,(H,22,23). The van der Waals surface area contributed by atoms with Crippen molar-refractivity contribution in [2.24, 2.45) is 5.10 Å². The second-order valence-electron chi connectivity index (χ2n) is 5.22. The van der Waals surface area contributed by atoms with Crippen LogP contribution in [0.4, 0.5) is 0 Å². The summed E-state index contributed by atoms with van der Waals surface area (Å²) >= 11 is 11.8. The minimum atomic E-state index is -0.426. The fourth-order valence-corrected chi connectivity index (χ4v) is 2.54. The molecule has 0 aromatic heterocycles. The van der Waals surface area contributed by atoms with Crippen LogP contribution in [-0.4, -0.2) is 32.9 Å². The molecule has 0 radical (unpaired) electrons. The second-order valence-corrected chi connectivity index (χ2v) is 6.06. The third-order valence-electron chi connectivity index (χ3n) is 3.42. The molecule has 6 nitrogen and oxygen atoms in total. The fraction of sp³-hybridized carbons (Fsp3) is 0.222. The number of rotatable bonds is 7. The molecule has 0 bridgehead atoms. The van der Waals surface area contributed by atoms with Crippen molar-refractivity contribution < 1.29 is 19.0 Å². The van der Waals surface area contributed by atoms with Crippen molar-refractivity contribution in [3.05, 3.63) is 51.5 Å². The van der Waals surface area contributed by atoms with E-state index in [0.717, 1.165) is 11.1 Å². The Morgan fingerprint density at radius 3 is 2.46 bits per heavy atom. The lowest BCUT2D eigenvalue weighted by molar-refractivity contribution is -0.123. The van der Waals surface area contributed by atoms with Crippen LogP contribution in [0.25, 0.3) is 0 Å². The van der Waals surface area contributed by atoms with Gasteiger partial charge in [0.2, 0.25) is 0 Å². The Balaban J connectivity index is 1.94. The van der Waals surface area contributed by atoms with E-state index in [1.807, 2.05) is 13.0 Å². The number of amides is 1. The number of hydrogen-bond acceptors (Lipinski definition) is 5. The second kappa shape index (κ2) is 9.31. The zero-order valence-electron chi connectivity index (χ0n) is 14.5. The van der Waals surface area contributed by atoms with Crippen molar-refractivity contribution in [3.8, 4) is 17.2 Å². The quantitative estimate of drug-likeness (QED) is 0.569. The van der Waals surface area contributed by atoms with Crippen LogP contribution in [0, 0.1) is 6.92 Å². The van der Waals surface area contributed by atoms with Gasteiger partial charge in [0.05, 0.1) is 25.5 Å². The third-order valence-corrected chi connectivity index (χ3v) is 3.95. The van der Waals surface area contributed by atoms with Gasteiger partial charge in [-0.2, -0.15) is 5.10 Å². The van der Waals surface area contributed by atoms with E-state index in [9.17, 15) is 4.79 Å². The van der Waals surface area contributed by atoms with Gasteiger partial charge < -0.3 is 14.2 Å². The molecule has 0 aliphatic rings. The van der Waals surface area contributed by atoms with Gasteiger partial charge in [-0.25, -0.2) is 5.43 Å². The zero-order chi connectivity index (χ0) is 19.1. The number of hydrogen-bond donors (Lipinski definition) is 1. The molecular formula is C18H18Cl2N2O4. The number of halogens is 2. The number of methoxy groups -OCH3 is 2. The number of ether oxygens (including phenoxy) is 3. The molecule has 2 aromatic rings. The Hall–Kier alpha value is -2.44. The molecule has 0 unspecified atom stereocenters. The molecule has 2 aromatic carbocycles. The van der Waals surface area contributed by atoms with Crippen LogP contribution in [-0.2, 0) is 4.79 Å². The number of benzene rings is 2. The van der Waals surface area contributed by atoms with E-state index in [4.69, 9.17) is 37.4 Å². The Morgan fingerprint density at radius 1 is 1.12 bits per heavy atom. The number of nitrogens with one attached hydrogen (secondary N) is 1. The van der Waals surface area contributed by atoms with Crippen molar-refractivity contribution in [1.82, 2.24) is 5.43 Å². The van der Waals surface area contributed by atoms with Crippen molar-refractivity contribution in [2.45, 2.75) is 6.92 Å². The Kier molecular flexibility index (Phi) is 7.12. The molecule has 1 amide bonds. The van der Waals surface area contributed by atoms with Gasteiger partial charge in [0.25, 0.3) is 5.91 Å². The molecule has 0 spiro atoms. The SMILES string of the molecule is COc1cc(C)c(C=NNC(=O)COc2ccc(Cl)cc2Cl)cc1OC. The Labute approximate surface area is 161 Å². The third kappa shape index (κ3) is 5.28. The van der Waals surface area contributed by atoms with Gasteiger partial charge in [0.15, 0.2) is 18.1 Å². The van der Waals surface area contributed by atoms with Crippen LogP contribution in [0.3, 0.4) is 0 Å². The van der Waals surface area contributed by atoms with Crippen LogP contribution in [0.2, 0.25) is 10.0 Å². The van der Waals surface area contributed by atoms with Crippen LogP contribution in [0.15, 0.2) is 35.4 Å². The predicted octanol–water partition coefficient (Wildman–Crippen LogP) is 3.85. The number of aryl methyl sites for hydroxylation is 1. The fourth-order valence-electron chi connectivity index (χ4n) is 2.08. The molecule has 0 atom stereocenters. The van der Waals surface area contributed by atoms with Crippen molar-refractivity contribution >= 4 is 35.3 Å². The van der Waals surface area contributed by atoms with Crippen LogP contribution >= 0.6 is 23.2 Å². The van der Waals surface area contributed by atoms with Gasteiger partial charge in [-0.1, -0.05) is 23.2 Å². The summed E-state index contributed by atoms with van der Waals surface area (Å²) in [6.45, 7) is 1.67. The van der Waals surface area contributed by atoms with Gasteiger partial charge in [-0.3, -0.25) is 4.79 Å². The predicted molar refractivity (Wildman–Crippen MR) is 102 cm³/mol. The highest BCUT2D eigenvalue weighted by atomic mass is 35.5. The van der Waals surface area contributed by atoms with E-state index < -0.39 is 5.91 Å². The minimum absolute atomic E-state index is 0.233. The molecule has 1 N–H and O–H groups in total. The van der Waals surface area contributed by atoms with Gasteiger partial charge in [-0.05, 0) is 42.8 Å². The molecule has 0 aliphatic heterocycles. The lowest BCUT2D eigenvalue weighted by atomic mass is 10.1. The molecule has 0 heterocycles. The average Bonchev–Trinajstić information content (AvgIpc) is 2.62. The van der Waals surface area contributed by atoms with Gasteiger partial charge in [0, 0.05) is 10.6 Å². The molecule has 2 rings (SSSR count). The number of carbonyl (C=O) groups excluding carboxylic acids is 1. The van der Waals surface area contributed by atoms with Gasteiger partial charge in [-0.15, -0.1) is 0 Å². The first-order valence-corrected chi connectivity index (χ1v) is 8.32.